The lowest BCUT2D eigenvalue weighted by Gasteiger charge is -2.01. The molecule has 0 unspecified atom stereocenters. The molecule has 2 heterocycles. The van der Waals surface area contributed by atoms with Gasteiger partial charge in [0.1, 0.15) is 0 Å². The van der Waals surface area contributed by atoms with Crippen LogP contribution in [0.3, 0.4) is 0 Å². The van der Waals surface area contributed by atoms with E-state index in [2.05, 4.69) is 34.7 Å². The number of aryl methyl sites for hydroxylation is 1. The van der Waals surface area contributed by atoms with Gasteiger partial charge in [-0.15, -0.1) is 11.3 Å². The molecule has 0 spiro atoms. The van der Waals surface area contributed by atoms with Crippen LogP contribution in [0.5, 0.6) is 0 Å². The van der Waals surface area contributed by atoms with E-state index in [9.17, 15) is 0 Å². The summed E-state index contributed by atoms with van der Waals surface area (Å²) in [5, 5.41) is 5.36. The molecule has 0 fully saturated rings. The van der Waals surface area contributed by atoms with E-state index < -0.39 is 0 Å². The third-order valence-corrected chi connectivity index (χ3v) is 3.27. The van der Waals surface area contributed by atoms with Crippen molar-refractivity contribution in [1.82, 2.24) is 10.3 Å². The summed E-state index contributed by atoms with van der Waals surface area (Å²) in [4.78, 5) is 5.47. The van der Waals surface area contributed by atoms with Crippen molar-refractivity contribution in [3.05, 3.63) is 40.3 Å². The standard InChI is InChI=1S/C12H14N2S/c1-9-6-14-4-3-12(9)10-5-11(7-13-2)15-8-10/h3-6,8,13H,7H2,1-2H3. The second kappa shape index (κ2) is 4.55. The molecule has 2 aromatic heterocycles. The Morgan fingerprint density at radius 1 is 1.47 bits per heavy atom. The fraction of sp³-hybridized carbons (Fsp3) is 0.250. The smallest absolute Gasteiger partial charge is 0.0303 e. The average Bonchev–Trinajstić information content (AvgIpc) is 2.68. The number of aromatic nitrogens is 1. The fourth-order valence-corrected chi connectivity index (χ4v) is 2.48. The average molecular weight is 218 g/mol. The molecular weight excluding hydrogens is 204 g/mol. The third kappa shape index (κ3) is 2.25. The lowest BCUT2D eigenvalue weighted by atomic mass is 10.1. The molecule has 0 radical (unpaired) electrons. The van der Waals surface area contributed by atoms with Crippen LogP contribution >= 0.6 is 11.3 Å². The van der Waals surface area contributed by atoms with Crippen molar-refractivity contribution in [1.29, 1.82) is 0 Å². The maximum atomic E-state index is 4.10. The number of nitrogens with one attached hydrogen (secondary N) is 1. The first kappa shape index (κ1) is 10.3. The van der Waals surface area contributed by atoms with E-state index in [1.54, 1.807) is 11.3 Å². The van der Waals surface area contributed by atoms with Crippen LogP contribution in [0, 0.1) is 6.92 Å². The number of thiophene rings is 1. The van der Waals surface area contributed by atoms with Gasteiger partial charge in [-0.25, -0.2) is 0 Å². The van der Waals surface area contributed by atoms with Gasteiger partial charge in [0, 0.05) is 23.8 Å². The van der Waals surface area contributed by atoms with E-state index in [0.717, 1.165) is 6.54 Å². The molecular formula is C12H14N2S. The predicted octanol–water partition coefficient (Wildman–Crippen LogP) is 2.84. The minimum atomic E-state index is 0.939. The lowest BCUT2D eigenvalue weighted by Crippen LogP contribution is -2.02. The molecule has 0 aromatic carbocycles. The highest BCUT2D eigenvalue weighted by Gasteiger charge is 2.04. The molecule has 0 aliphatic rings. The molecule has 2 aromatic rings. The van der Waals surface area contributed by atoms with Crippen molar-refractivity contribution in [3.63, 3.8) is 0 Å². The minimum absolute atomic E-state index is 0.939. The van der Waals surface area contributed by atoms with Crippen LogP contribution in [0.1, 0.15) is 10.4 Å². The molecule has 0 atom stereocenters. The number of rotatable bonds is 3. The molecule has 0 amide bonds. The minimum Gasteiger partial charge on any atom is -0.315 e. The van der Waals surface area contributed by atoms with Crippen LogP contribution in [0.2, 0.25) is 0 Å². The summed E-state index contributed by atoms with van der Waals surface area (Å²) in [6, 6.07) is 4.31. The van der Waals surface area contributed by atoms with Gasteiger partial charge in [0.15, 0.2) is 0 Å². The van der Waals surface area contributed by atoms with Crippen molar-refractivity contribution in [2.75, 3.05) is 7.05 Å². The molecule has 0 saturated heterocycles. The SMILES string of the molecule is CNCc1cc(-c2ccncc2C)cs1. The first-order chi connectivity index (χ1) is 7.31. The number of hydrogen-bond donors (Lipinski definition) is 1. The Hall–Kier alpha value is -1.19. The first-order valence-corrected chi connectivity index (χ1v) is 5.82. The Labute approximate surface area is 94.0 Å². The maximum Gasteiger partial charge on any atom is 0.0303 e. The van der Waals surface area contributed by atoms with Crippen LogP contribution in [-0.2, 0) is 6.54 Å². The predicted molar refractivity (Wildman–Crippen MR) is 65.1 cm³/mol. The summed E-state index contributed by atoms with van der Waals surface area (Å²) in [6.07, 6.45) is 3.75. The monoisotopic (exact) mass is 218 g/mol. The van der Waals surface area contributed by atoms with Gasteiger partial charge in [-0.3, -0.25) is 4.98 Å². The fourth-order valence-electron chi connectivity index (χ4n) is 1.59. The van der Waals surface area contributed by atoms with Gasteiger partial charge in [-0.1, -0.05) is 0 Å². The van der Waals surface area contributed by atoms with Crippen LogP contribution < -0.4 is 5.32 Å². The van der Waals surface area contributed by atoms with Gasteiger partial charge in [0.25, 0.3) is 0 Å². The van der Waals surface area contributed by atoms with Crippen LogP contribution in [0.25, 0.3) is 11.1 Å². The molecule has 3 heteroatoms. The zero-order valence-corrected chi connectivity index (χ0v) is 9.77. The lowest BCUT2D eigenvalue weighted by molar-refractivity contribution is 0.831. The van der Waals surface area contributed by atoms with Gasteiger partial charge >= 0.3 is 0 Å². The van der Waals surface area contributed by atoms with Crippen LogP contribution in [0.4, 0.5) is 0 Å². The van der Waals surface area contributed by atoms with Crippen molar-refractivity contribution in [3.8, 4) is 11.1 Å². The van der Waals surface area contributed by atoms with Gasteiger partial charge in [-0.05, 0) is 48.2 Å². The summed E-state index contributed by atoms with van der Waals surface area (Å²) in [6.45, 7) is 3.03. The Morgan fingerprint density at radius 3 is 3.07 bits per heavy atom. The number of nitrogens with zero attached hydrogens (tertiary/aromatic N) is 1. The molecule has 15 heavy (non-hydrogen) atoms. The maximum absolute atomic E-state index is 4.10. The summed E-state index contributed by atoms with van der Waals surface area (Å²) in [5.74, 6) is 0. The second-order valence-corrected chi connectivity index (χ2v) is 4.52. The topological polar surface area (TPSA) is 24.9 Å². The molecule has 0 bridgehead atoms. The molecule has 78 valence electrons. The summed E-state index contributed by atoms with van der Waals surface area (Å²) >= 11 is 1.79. The van der Waals surface area contributed by atoms with Crippen molar-refractivity contribution in [2.24, 2.45) is 0 Å². The van der Waals surface area contributed by atoms with Gasteiger partial charge in [0.05, 0.1) is 0 Å². The van der Waals surface area contributed by atoms with E-state index in [0.29, 0.717) is 0 Å². The Kier molecular flexibility index (Phi) is 3.14. The zero-order valence-electron chi connectivity index (χ0n) is 8.95. The third-order valence-electron chi connectivity index (χ3n) is 2.34. The Morgan fingerprint density at radius 2 is 2.33 bits per heavy atom. The largest absolute Gasteiger partial charge is 0.315 e. The molecule has 2 nitrogen and oxygen atoms in total. The summed E-state index contributed by atoms with van der Waals surface area (Å²) in [5.41, 5.74) is 3.81. The first-order valence-electron chi connectivity index (χ1n) is 4.94. The zero-order chi connectivity index (χ0) is 10.7. The highest BCUT2D eigenvalue weighted by atomic mass is 32.1. The summed E-state index contributed by atoms with van der Waals surface area (Å²) in [7, 11) is 1.97. The molecule has 2 rings (SSSR count). The van der Waals surface area contributed by atoms with Crippen molar-refractivity contribution in [2.45, 2.75) is 13.5 Å². The van der Waals surface area contributed by atoms with Crippen LogP contribution in [-0.4, -0.2) is 12.0 Å². The van der Waals surface area contributed by atoms with Gasteiger partial charge in [-0.2, -0.15) is 0 Å². The van der Waals surface area contributed by atoms with Crippen molar-refractivity contribution < 1.29 is 0 Å². The Bertz CT molecular complexity index is 448. The normalized spacial score (nSPS) is 10.5. The second-order valence-electron chi connectivity index (χ2n) is 3.52. The molecule has 1 N–H and O–H groups in total. The van der Waals surface area contributed by atoms with E-state index in [-0.39, 0.29) is 0 Å². The van der Waals surface area contributed by atoms with Crippen molar-refractivity contribution >= 4 is 11.3 Å². The Balaban J connectivity index is 2.33. The van der Waals surface area contributed by atoms with E-state index in [1.807, 2.05) is 19.4 Å². The summed E-state index contributed by atoms with van der Waals surface area (Å²) < 4.78 is 0. The van der Waals surface area contributed by atoms with Gasteiger partial charge in [0.2, 0.25) is 0 Å². The highest BCUT2D eigenvalue weighted by molar-refractivity contribution is 7.10. The van der Waals surface area contributed by atoms with Crippen LogP contribution in [0.15, 0.2) is 29.9 Å². The van der Waals surface area contributed by atoms with E-state index in [1.165, 1.54) is 21.6 Å². The van der Waals surface area contributed by atoms with E-state index in [4.69, 9.17) is 0 Å². The highest BCUT2D eigenvalue weighted by Crippen LogP contribution is 2.27. The van der Waals surface area contributed by atoms with E-state index >= 15 is 0 Å². The molecule has 0 aliphatic heterocycles. The number of hydrogen-bond acceptors (Lipinski definition) is 3. The molecule has 0 saturated carbocycles. The quantitative estimate of drug-likeness (QED) is 0.857. The van der Waals surface area contributed by atoms with Gasteiger partial charge < -0.3 is 5.32 Å². The number of pyridine rings is 1. The molecule has 0 aliphatic carbocycles.